The SMILES string of the molecule is C#C[C@H]1CN(C(=O)O)C[C@H]1NC(=O)OC(C)(C)C. The van der Waals surface area contributed by atoms with Crippen LogP contribution >= 0.6 is 0 Å². The topological polar surface area (TPSA) is 78.9 Å². The maximum Gasteiger partial charge on any atom is 0.407 e. The Morgan fingerprint density at radius 1 is 1.44 bits per heavy atom. The van der Waals surface area contributed by atoms with Crippen molar-refractivity contribution in [1.29, 1.82) is 0 Å². The van der Waals surface area contributed by atoms with Crippen molar-refractivity contribution in [2.75, 3.05) is 13.1 Å². The van der Waals surface area contributed by atoms with Crippen LogP contribution < -0.4 is 5.32 Å². The third kappa shape index (κ3) is 3.84. The van der Waals surface area contributed by atoms with E-state index in [1.807, 2.05) is 0 Å². The summed E-state index contributed by atoms with van der Waals surface area (Å²) in [5, 5.41) is 11.5. The van der Waals surface area contributed by atoms with Crippen LogP contribution in [0.5, 0.6) is 0 Å². The molecule has 0 bridgehead atoms. The van der Waals surface area contributed by atoms with Gasteiger partial charge >= 0.3 is 12.2 Å². The van der Waals surface area contributed by atoms with Crippen LogP contribution in [0, 0.1) is 18.3 Å². The van der Waals surface area contributed by atoms with Gasteiger partial charge in [-0.1, -0.05) is 5.92 Å². The Morgan fingerprint density at radius 3 is 2.50 bits per heavy atom. The number of carbonyl (C=O) groups excluding carboxylic acids is 1. The summed E-state index contributed by atoms with van der Waals surface area (Å²) < 4.78 is 5.10. The van der Waals surface area contributed by atoms with Crippen LogP contribution in [-0.4, -0.2) is 46.9 Å². The quantitative estimate of drug-likeness (QED) is 0.687. The highest BCUT2D eigenvalue weighted by molar-refractivity contribution is 5.69. The second-order valence-corrected chi connectivity index (χ2v) is 5.21. The van der Waals surface area contributed by atoms with Crippen LogP contribution in [-0.2, 0) is 4.74 Å². The van der Waals surface area contributed by atoms with Crippen LogP contribution in [0.4, 0.5) is 9.59 Å². The molecule has 6 heteroatoms. The van der Waals surface area contributed by atoms with Gasteiger partial charge in [0.05, 0.1) is 12.0 Å². The van der Waals surface area contributed by atoms with Gasteiger partial charge in [-0.25, -0.2) is 9.59 Å². The minimum atomic E-state index is -1.04. The molecule has 0 spiro atoms. The van der Waals surface area contributed by atoms with E-state index in [4.69, 9.17) is 16.3 Å². The lowest BCUT2D eigenvalue weighted by atomic mass is 10.1. The molecule has 0 aromatic heterocycles. The Hall–Kier alpha value is -1.90. The molecule has 0 aromatic carbocycles. The number of ether oxygens (including phenoxy) is 1. The summed E-state index contributed by atoms with van der Waals surface area (Å²) >= 11 is 0. The fraction of sp³-hybridized carbons (Fsp3) is 0.667. The highest BCUT2D eigenvalue weighted by Crippen LogP contribution is 2.17. The van der Waals surface area contributed by atoms with Gasteiger partial charge in [0, 0.05) is 13.1 Å². The summed E-state index contributed by atoms with van der Waals surface area (Å²) in [7, 11) is 0. The average Bonchev–Trinajstić information content (AvgIpc) is 2.57. The molecular weight excluding hydrogens is 236 g/mol. The largest absolute Gasteiger partial charge is 0.465 e. The van der Waals surface area contributed by atoms with E-state index < -0.39 is 23.8 Å². The van der Waals surface area contributed by atoms with Gasteiger partial charge in [-0.15, -0.1) is 6.42 Å². The number of terminal acetylenes is 1. The minimum Gasteiger partial charge on any atom is -0.465 e. The first-order chi connectivity index (χ1) is 8.23. The fourth-order valence-corrected chi connectivity index (χ4v) is 1.73. The zero-order chi connectivity index (χ0) is 13.9. The molecule has 0 radical (unpaired) electrons. The molecule has 1 fully saturated rings. The molecule has 6 nitrogen and oxygen atoms in total. The first-order valence-corrected chi connectivity index (χ1v) is 5.66. The molecule has 1 aliphatic rings. The van der Waals surface area contributed by atoms with Crippen molar-refractivity contribution in [2.45, 2.75) is 32.4 Å². The summed E-state index contributed by atoms with van der Waals surface area (Å²) in [6, 6.07) is -0.402. The predicted octanol–water partition coefficient (Wildman–Crippen LogP) is 1.12. The second-order valence-electron chi connectivity index (χ2n) is 5.21. The van der Waals surface area contributed by atoms with Crippen molar-refractivity contribution in [1.82, 2.24) is 10.2 Å². The molecule has 0 unspecified atom stereocenters. The monoisotopic (exact) mass is 254 g/mol. The van der Waals surface area contributed by atoms with E-state index in [2.05, 4.69) is 11.2 Å². The molecule has 100 valence electrons. The molecular formula is C12H18N2O4. The average molecular weight is 254 g/mol. The Labute approximate surface area is 106 Å². The number of hydrogen-bond donors (Lipinski definition) is 2. The lowest BCUT2D eigenvalue weighted by Gasteiger charge is -2.22. The third-order valence-corrected chi connectivity index (χ3v) is 2.51. The summed E-state index contributed by atoms with van der Waals surface area (Å²) in [5.41, 5.74) is -0.596. The number of carbonyl (C=O) groups is 2. The Bertz CT molecular complexity index is 381. The predicted molar refractivity (Wildman–Crippen MR) is 65.1 cm³/mol. The van der Waals surface area contributed by atoms with Gasteiger partial charge < -0.3 is 20.1 Å². The van der Waals surface area contributed by atoms with Gasteiger partial charge in [-0.05, 0) is 20.8 Å². The number of carboxylic acid groups (broad SMARTS) is 1. The summed E-state index contributed by atoms with van der Waals surface area (Å²) in [6.07, 6.45) is 3.71. The summed E-state index contributed by atoms with van der Waals surface area (Å²) in [5.74, 6) is 2.17. The van der Waals surface area contributed by atoms with Crippen LogP contribution in [0.25, 0.3) is 0 Å². The van der Waals surface area contributed by atoms with E-state index in [-0.39, 0.29) is 19.0 Å². The zero-order valence-electron chi connectivity index (χ0n) is 10.8. The first kappa shape index (κ1) is 14.2. The van der Waals surface area contributed by atoms with E-state index in [0.717, 1.165) is 0 Å². The van der Waals surface area contributed by atoms with Gasteiger partial charge in [0.1, 0.15) is 5.60 Å². The Balaban J connectivity index is 2.59. The standard InChI is InChI=1S/C12H18N2O4/c1-5-8-6-14(11(16)17)7-9(8)13-10(15)18-12(2,3)4/h1,8-9H,6-7H2,2-4H3,(H,13,15)(H,16,17)/t8-,9+/m0/s1. The Morgan fingerprint density at radius 2 is 2.06 bits per heavy atom. The molecule has 2 amide bonds. The molecule has 2 atom stereocenters. The highest BCUT2D eigenvalue weighted by Gasteiger charge is 2.35. The number of nitrogens with one attached hydrogen (secondary N) is 1. The molecule has 0 aromatic rings. The van der Waals surface area contributed by atoms with E-state index in [0.29, 0.717) is 0 Å². The van der Waals surface area contributed by atoms with Gasteiger partial charge in [-0.2, -0.15) is 0 Å². The normalized spacial score (nSPS) is 23.3. The Kier molecular flexibility index (Phi) is 4.07. The highest BCUT2D eigenvalue weighted by atomic mass is 16.6. The number of amides is 2. The van der Waals surface area contributed by atoms with Crippen molar-refractivity contribution < 1.29 is 19.4 Å². The smallest absolute Gasteiger partial charge is 0.407 e. The van der Waals surface area contributed by atoms with Crippen LogP contribution in [0.15, 0.2) is 0 Å². The fourth-order valence-electron chi connectivity index (χ4n) is 1.73. The number of rotatable bonds is 1. The molecule has 1 aliphatic heterocycles. The number of hydrogen-bond acceptors (Lipinski definition) is 3. The molecule has 2 N–H and O–H groups in total. The van der Waals surface area contributed by atoms with E-state index >= 15 is 0 Å². The molecule has 1 saturated heterocycles. The number of likely N-dealkylation sites (tertiary alicyclic amines) is 1. The van der Waals surface area contributed by atoms with E-state index in [1.165, 1.54) is 4.90 Å². The molecule has 1 rings (SSSR count). The minimum absolute atomic E-state index is 0.184. The van der Waals surface area contributed by atoms with Crippen LogP contribution in [0.3, 0.4) is 0 Å². The molecule has 0 aliphatic carbocycles. The van der Waals surface area contributed by atoms with Gasteiger partial charge in [0.25, 0.3) is 0 Å². The van der Waals surface area contributed by atoms with Crippen LogP contribution in [0.1, 0.15) is 20.8 Å². The molecule has 0 saturated carbocycles. The van der Waals surface area contributed by atoms with Crippen molar-refractivity contribution in [2.24, 2.45) is 5.92 Å². The van der Waals surface area contributed by atoms with Crippen LogP contribution in [0.2, 0.25) is 0 Å². The lowest BCUT2D eigenvalue weighted by Crippen LogP contribution is -2.43. The first-order valence-electron chi connectivity index (χ1n) is 5.66. The second kappa shape index (κ2) is 5.17. The van der Waals surface area contributed by atoms with E-state index in [1.54, 1.807) is 20.8 Å². The molecule has 1 heterocycles. The summed E-state index contributed by atoms with van der Waals surface area (Å²) in [6.45, 7) is 5.67. The van der Waals surface area contributed by atoms with Gasteiger partial charge in [-0.3, -0.25) is 0 Å². The van der Waals surface area contributed by atoms with E-state index in [9.17, 15) is 9.59 Å². The van der Waals surface area contributed by atoms with Crippen molar-refractivity contribution in [3.05, 3.63) is 0 Å². The molecule has 18 heavy (non-hydrogen) atoms. The van der Waals surface area contributed by atoms with Crippen molar-refractivity contribution >= 4 is 12.2 Å². The maximum atomic E-state index is 11.6. The van der Waals surface area contributed by atoms with Crippen molar-refractivity contribution in [3.63, 3.8) is 0 Å². The third-order valence-electron chi connectivity index (χ3n) is 2.51. The zero-order valence-corrected chi connectivity index (χ0v) is 10.8. The number of alkyl carbamates (subject to hydrolysis) is 1. The summed E-state index contributed by atoms with van der Waals surface area (Å²) in [4.78, 5) is 23.6. The maximum absolute atomic E-state index is 11.6. The lowest BCUT2D eigenvalue weighted by molar-refractivity contribution is 0.0500. The van der Waals surface area contributed by atoms with Crippen molar-refractivity contribution in [3.8, 4) is 12.3 Å². The van der Waals surface area contributed by atoms with Gasteiger partial charge in [0.2, 0.25) is 0 Å². The van der Waals surface area contributed by atoms with Gasteiger partial charge in [0.15, 0.2) is 0 Å². The number of nitrogens with zero attached hydrogens (tertiary/aromatic N) is 1.